The van der Waals surface area contributed by atoms with Crippen molar-refractivity contribution < 1.29 is 14.3 Å². The number of nitrogens with zero attached hydrogens (tertiary/aromatic N) is 1. The van der Waals surface area contributed by atoms with E-state index < -0.39 is 18.0 Å². The van der Waals surface area contributed by atoms with Gasteiger partial charge in [-0.05, 0) is 30.0 Å². The van der Waals surface area contributed by atoms with E-state index in [1.165, 1.54) is 7.11 Å². The summed E-state index contributed by atoms with van der Waals surface area (Å²) in [5.74, 6) is -0.240. The molecule has 0 spiro atoms. The van der Waals surface area contributed by atoms with Gasteiger partial charge in [-0.2, -0.15) is 4.91 Å². The molecule has 1 rings (SSSR count). The molecule has 0 saturated heterocycles. The van der Waals surface area contributed by atoms with Gasteiger partial charge in [-0.3, -0.25) is 0 Å². The van der Waals surface area contributed by atoms with Crippen molar-refractivity contribution in [1.82, 2.24) is 5.32 Å². The summed E-state index contributed by atoms with van der Waals surface area (Å²) in [6.07, 6.45) is 0.490. The van der Waals surface area contributed by atoms with Crippen LogP contribution in [0.25, 0.3) is 0 Å². The number of carbonyl (C=O) groups is 2. The van der Waals surface area contributed by atoms with E-state index in [4.69, 9.17) is 0 Å². The molecule has 7 heteroatoms. The van der Waals surface area contributed by atoms with Gasteiger partial charge in [0.2, 0.25) is 0 Å². The Kier molecular flexibility index (Phi) is 7.01. The molecular weight excluding hydrogens is 286 g/mol. The fourth-order valence-electron chi connectivity index (χ4n) is 1.92. The van der Waals surface area contributed by atoms with Gasteiger partial charge in [-0.1, -0.05) is 31.2 Å². The van der Waals surface area contributed by atoms with Crippen molar-refractivity contribution in [2.24, 2.45) is 11.1 Å². The lowest BCUT2D eigenvalue weighted by molar-refractivity contribution is -0.143. The molecule has 22 heavy (non-hydrogen) atoms. The smallest absolute Gasteiger partial charge is 0.328 e. The molecule has 1 aromatic rings. The number of anilines is 1. The van der Waals surface area contributed by atoms with E-state index in [0.29, 0.717) is 12.1 Å². The predicted octanol–water partition coefficient (Wildman–Crippen LogP) is 2.66. The first kappa shape index (κ1) is 17.6. The summed E-state index contributed by atoms with van der Waals surface area (Å²) >= 11 is 0. The molecule has 2 amide bonds. The Morgan fingerprint density at radius 3 is 2.36 bits per heavy atom. The monoisotopic (exact) mass is 307 g/mol. The SMILES string of the molecule is COC(=O)C(CC(C)C)NC(=O)Nc1ccc(CN=O)cc1. The molecule has 0 aromatic heterocycles. The summed E-state index contributed by atoms with van der Waals surface area (Å²) in [6, 6.07) is 5.54. The molecule has 0 aliphatic rings. The number of amides is 2. The molecule has 0 fully saturated rings. The van der Waals surface area contributed by atoms with Crippen LogP contribution in [0.5, 0.6) is 0 Å². The highest BCUT2D eigenvalue weighted by Crippen LogP contribution is 2.11. The van der Waals surface area contributed by atoms with Crippen LogP contribution in [-0.4, -0.2) is 25.2 Å². The third kappa shape index (κ3) is 5.90. The fourth-order valence-corrected chi connectivity index (χ4v) is 1.92. The second-order valence-corrected chi connectivity index (χ2v) is 5.29. The summed E-state index contributed by atoms with van der Waals surface area (Å²) in [6.45, 7) is 4.00. The number of hydrogen-bond donors (Lipinski definition) is 2. The van der Waals surface area contributed by atoms with Crippen molar-refractivity contribution in [3.05, 3.63) is 34.7 Å². The Morgan fingerprint density at radius 1 is 1.23 bits per heavy atom. The van der Waals surface area contributed by atoms with Gasteiger partial charge in [0.1, 0.15) is 12.6 Å². The minimum atomic E-state index is -0.691. The minimum Gasteiger partial charge on any atom is -0.467 e. The van der Waals surface area contributed by atoms with E-state index in [9.17, 15) is 14.5 Å². The number of nitrogens with one attached hydrogen (secondary N) is 2. The van der Waals surface area contributed by atoms with E-state index in [-0.39, 0.29) is 12.5 Å². The lowest BCUT2D eigenvalue weighted by Gasteiger charge is -2.18. The minimum absolute atomic E-state index is 0.0886. The summed E-state index contributed by atoms with van der Waals surface area (Å²) in [5.41, 5.74) is 1.31. The van der Waals surface area contributed by atoms with Crippen molar-refractivity contribution in [3.63, 3.8) is 0 Å². The normalized spacial score (nSPS) is 11.6. The van der Waals surface area contributed by atoms with Gasteiger partial charge in [-0.15, -0.1) is 0 Å². The maximum atomic E-state index is 11.9. The van der Waals surface area contributed by atoms with Crippen LogP contribution in [0.4, 0.5) is 10.5 Å². The number of benzene rings is 1. The van der Waals surface area contributed by atoms with Crippen molar-refractivity contribution >= 4 is 17.7 Å². The third-order valence-corrected chi connectivity index (χ3v) is 2.96. The van der Waals surface area contributed by atoms with Gasteiger partial charge < -0.3 is 15.4 Å². The van der Waals surface area contributed by atoms with E-state index >= 15 is 0 Å². The van der Waals surface area contributed by atoms with Crippen molar-refractivity contribution in [2.75, 3.05) is 12.4 Å². The molecule has 0 aliphatic heterocycles. The van der Waals surface area contributed by atoms with Crippen molar-refractivity contribution in [1.29, 1.82) is 0 Å². The highest BCUT2D eigenvalue weighted by atomic mass is 16.5. The van der Waals surface area contributed by atoms with E-state index in [2.05, 4.69) is 20.5 Å². The van der Waals surface area contributed by atoms with E-state index in [1.54, 1.807) is 24.3 Å². The third-order valence-electron chi connectivity index (χ3n) is 2.96. The molecule has 0 bridgehead atoms. The van der Waals surface area contributed by atoms with E-state index in [0.717, 1.165) is 5.56 Å². The second-order valence-electron chi connectivity index (χ2n) is 5.29. The number of rotatable bonds is 7. The molecule has 0 saturated carbocycles. The van der Waals surface area contributed by atoms with Crippen LogP contribution < -0.4 is 10.6 Å². The summed E-state index contributed by atoms with van der Waals surface area (Å²) in [4.78, 5) is 33.7. The van der Waals surface area contributed by atoms with Gasteiger partial charge in [0, 0.05) is 5.69 Å². The molecule has 0 heterocycles. The van der Waals surface area contributed by atoms with Crippen LogP contribution in [0.15, 0.2) is 29.4 Å². The number of hydrogen-bond acceptors (Lipinski definition) is 5. The zero-order valence-corrected chi connectivity index (χ0v) is 13.0. The van der Waals surface area contributed by atoms with Crippen LogP contribution in [0, 0.1) is 10.8 Å². The van der Waals surface area contributed by atoms with Crippen LogP contribution in [0.1, 0.15) is 25.8 Å². The topological polar surface area (TPSA) is 96.9 Å². The molecule has 7 nitrogen and oxygen atoms in total. The highest BCUT2D eigenvalue weighted by molar-refractivity contribution is 5.92. The number of urea groups is 1. The summed E-state index contributed by atoms with van der Waals surface area (Å²) in [5, 5.41) is 8.01. The molecule has 1 aromatic carbocycles. The fraction of sp³-hybridized carbons (Fsp3) is 0.467. The largest absolute Gasteiger partial charge is 0.467 e. The van der Waals surface area contributed by atoms with Crippen LogP contribution in [0.3, 0.4) is 0 Å². The van der Waals surface area contributed by atoms with Crippen molar-refractivity contribution in [2.45, 2.75) is 32.9 Å². The molecule has 120 valence electrons. The molecule has 0 aliphatic carbocycles. The average molecular weight is 307 g/mol. The predicted molar refractivity (Wildman–Crippen MR) is 83.4 cm³/mol. The zero-order chi connectivity index (χ0) is 16.5. The maximum Gasteiger partial charge on any atom is 0.328 e. The first-order chi connectivity index (χ1) is 10.5. The van der Waals surface area contributed by atoms with Gasteiger partial charge in [0.05, 0.1) is 7.11 Å². The Morgan fingerprint density at radius 2 is 1.86 bits per heavy atom. The van der Waals surface area contributed by atoms with E-state index in [1.807, 2.05) is 13.8 Å². The second kappa shape index (κ2) is 8.76. The van der Waals surface area contributed by atoms with Crippen LogP contribution in [0.2, 0.25) is 0 Å². The quantitative estimate of drug-likeness (QED) is 0.598. The van der Waals surface area contributed by atoms with Gasteiger partial charge in [-0.25, -0.2) is 9.59 Å². The van der Waals surface area contributed by atoms with Gasteiger partial charge in [0.25, 0.3) is 0 Å². The Balaban J connectivity index is 2.62. The molecule has 2 N–H and O–H groups in total. The highest BCUT2D eigenvalue weighted by Gasteiger charge is 2.22. The standard InChI is InChI=1S/C15H21N3O4/c1-10(2)8-13(14(19)22-3)18-15(20)17-12-6-4-11(5-7-12)9-16-21/h4-7,10,13H,8-9H2,1-3H3,(H2,17,18,20). The van der Waals surface area contributed by atoms with Crippen LogP contribution >= 0.6 is 0 Å². The Bertz CT molecular complexity index is 514. The Hall–Kier alpha value is -2.44. The molecule has 1 unspecified atom stereocenters. The summed E-state index contributed by atoms with van der Waals surface area (Å²) in [7, 11) is 1.29. The number of methoxy groups -OCH3 is 1. The zero-order valence-electron chi connectivity index (χ0n) is 13.0. The summed E-state index contributed by atoms with van der Waals surface area (Å²) < 4.78 is 4.69. The lowest BCUT2D eigenvalue weighted by Crippen LogP contribution is -2.44. The van der Waals surface area contributed by atoms with Crippen molar-refractivity contribution in [3.8, 4) is 0 Å². The molecule has 0 radical (unpaired) electrons. The number of esters is 1. The van der Waals surface area contributed by atoms with Crippen LogP contribution in [-0.2, 0) is 16.1 Å². The first-order valence-corrected chi connectivity index (χ1v) is 6.99. The molecular formula is C15H21N3O4. The maximum absolute atomic E-state index is 11.9. The lowest BCUT2D eigenvalue weighted by atomic mass is 10.0. The molecule has 1 atom stereocenters. The number of nitroso groups, excluding NO2 is 1. The first-order valence-electron chi connectivity index (χ1n) is 6.99. The Labute approximate surface area is 129 Å². The number of carbonyl (C=O) groups excluding carboxylic acids is 2. The van der Waals surface area contributed by atoms with Gasteiger partial charge in [0.15, 0.2) is 0 Å². The van der Waals surface area contributed by atoms with Gasteiger partial charge >= 0.3 is 12.0 Å². The number of ether oxygens (including phenoxy) is 1. The average Bonchev–Trinajstić information content (AvgIpc) is 2.47.